The van der Waals surface area contributed by atoms with Gasteiger partial charge in [0.1, 0.15) is 5.52 Å². The topological polar surface area (TPSA) is 44.2 Å². The van der Waals surface area contributed by atoms with E-state index in [2.05, 4.69) is 124 Å². The minimum atomic E-state index is -0.0775. The number of para-hydroxylation sites is 3. The second-order valence-corrected chi connectivity index (χ2v) is 12.7. The molecule has 11 rings (SSSR count). The van der Waals surface area contributed by atoms with Gasteiger partial charge in [0.25, 0.3) is 5.56 Å². The van der Waals surface area contributed by atoms with Gasteiger partial charge in [-0.05, 0) is 86.9 Å². The molecule has 0 aliphatic heterocycles. The molecule has 0 amide bonds. The van der Waals surface area contributed by atoms with E-state index in [-0.39, 0.29) is 5.56 Å². The monoisotopic (exact) mass is 626 g/mol. The van der Waals surface area contributed by atoms with Gasteiger partial charge in [-0.3, -0.25) is 9.36 Å². The molecule has 0 aliphatic carbocycles. The molecule has 5 heteroatoms. The van der Waals surface area contributed by atoms with Crippen LogP contribution >= 0.6 is 0 Å². The largest absolute Gasteiger partial charge is 0.307 e. The van der Waals surface area contributed by atoms with Crippen molar-refractivity contribution in [2.24, 2.45) is 0 Å². The lowest BCUT2D eigenvalue weighted by Gasteiger charge is -2.14. The van der Waals surface area contributed by atoms with Crippen LogP contribution in [0, 0.1) is 0 Å². The second-order valence-electron chi connectivity index (χ2n) is 12.7. The van der Waals surface area contributed by atoms with Gasteiger partial charge in [0.05, 0.1) is 27.5 Å². The van der Waals surface area contributed by atoms with E-state index in [9.17, 15) is 4.79 Å². The predicted octanol–water partition coefficient (Wildman–Crippen LogP) is 10.3. The highest BCUT2D eigenvalue weighted by atomic mass is 16.1. The number of hydrogen-bond acceptors (Lipinski definition) is 2. The molecule has 0 saturated carbocycles. The molecule has 0 aliphatic rings. The molecule has 3 heterocycles. The van der Waals surface area contributed by atoms with Crippen LogP contribution in [0.5, 0.6) is 0 Å². The lowest BCUT2D eigenvalue weighted by atomic mass is 9.94. The molecule has 49 heavy (non-hydrogen) atoms. The smallest absolute Gasteiger partial charge is 0.267 e. The molecule has 3 aromatic heterocycles. The lowest BCUT2D eigenvalue weighted by Crippen LogP contribution is -2.18. The highest BCUT2D eigenvalue weighted by Gasteiger charge is 2.22. The minimum absolute atomic E-state index is 0.0775. The third-order valence-corrected chi connectivity index (χ3v) is 10.2. The molecule has 11 aromatic rings. The highest BCUT2D eigenvalue weighted by molar-refractivity contribution is 6.26. The van der Waals surface area contributed by atoms with E-state index in [1.54, 1.807) is 4.40 Å². The van der Waals surface area contributed by atoms with Crippen LogP contribution in [0.1, 0.15) is 0 Å². The highest BCUT2D eigenvalue weighted by Crippen LogP contribution is 2.40. The fraction of sp³-hybridized carbons (Fsp3) is 0. The molecule has 0 saturated heterocycles. The van der Waals surface area contributed by atoms with Gasteiger partial charge in [-0.1, -0.05) is 103 Å². The van der Waals surface area contributed by atoms with Crippen molar-refractivity contribution in [2.75, 3.05) is 0 Å². The first-order valence-corrected chi connectivity index (χ1v) is 16.5. The van der Waals surface area contributed by atoms with Crippen molar-refractivity contribution in [2.45, 2.75) is 0 Å². The molecule has 228 valence electrons. The number of aromatic nitrogens is 4. The summed E-state index contributed by atoms with van der Waals surface area (Å²) in [7, 11) is 0. The van der Waals surface area contributed by atoms with Crippen LogP contribution in [0.25, 0.3) is 93.2 Å². The number of hydrogen-bond donors (Lipinski definition) is 0. The Morgan fingerprint density at radius 2 is 0.918 bits per heavy atom. The van der Waals surface area contributed by atoms with E-state index < -0.39 is 0 Å². The third kappa shape index (κ3) is 3.48. The van der Waals surface area contributed by atoms with Crippen LogP contribution in [0.15, 0.2) is 163 Å². The Hall–Kier alpha value is -6.72. The summed E-state index contributed by atoms with van der Waals surface area (Å²) in [4.78, 5) is 19.7. The third-order valence-electron chi connectivity index (χ3n) is 10.2. The van der Waals surface area contributed by atoms with Crippen LogP contribution in [0.2, 0.25) is 0 Å². The SMILES string of the molecule is O=c1c2ccccc2n(-c2ccccc2)c2nc3c4c(ccc3n12)c1ccccc1n4-c1ccc2c3ccccc3c3ccccc3c2c1. The van der Waals surface area contributed by atoms with Gasteiger partial charge in [-0.15, -0.1) is 0 Å². The zero-order chi connectivity index (χ0) is 32.2. The van der Waals surface area contributed by atoms with E-state index in [0.717, 1.165) is 49.7 Å². The summed E-state index contributed by atoms with van der Waals surface area (Å²) < 4.78 is 6.22. The van der Waals surface area contributed by atoms with Crippen LogP contribution in [-0.2, 0) is 0 Å². The fourth-order valence-electron chi connectivity index (χ4n) is 8.14. The number of fused-ring (bicyclic) bond motifs is 14. The van der Waals surface area contributed by atoms with Crippen LogP contribution in [-0.4, -0.2) is 18.5 Å². The summed E-state index contributed by atoms with van der Waals surface area (Å²) in [5, 5.41) is 10.3. The Morgan fingerprint density at radius 3 is 1.61 bits per heavy atom. The summed E-state index contributed by atoms with van der Waals surface area (Å²) in [6.45, 7) is 0. The Morgan fingerprint density at radius 1 is 0.388 bits per heavy atom. The summed E-state index contributed by atoms with van der Waals surface area (Å²) in [5.74, 6) is 0.588. The Balaban J connectivity index is 1.32. The van der Waals surface area contributed by atoms with Crippen molar-refractivity contribution in [1.29, 1.82) is 0 Å². The van der Waals surface area contributed by atoms with Crippen molar-refractivity contribution in [1.82, 2.24) is 18.5 Å². The zero-order valence-electron chi connectivity index (χ0n) is 26.2. The van der Waals surface area contributed by atoms with E-state index >= 15 is 0 Å². The van der Waals surface area contributed by atoms with E-state index in [0.29, 0.717) is 11.2 Å². The molecule has 0 bridgehead atoms. The molecule has 0 atom stereocenters. The fourth-order valence-corrected chi connectivity index (χ4v) is 8.14. The van der Waals surface area contributed by atoms with Gasteiger partial charge in [-0.2, -0.15) is 0 Å². The van der Waals surface area contributed by atoms with Crippen LogP contribution in [0.4, 0.5) is 0 Å². The quantitative estimate of drug-likeness (QED) is 0.179. The van der Waals surface area contributed by atoms with E-state index in [4.69, 9.17) is 4.98 Å². The van der Waals surface area contributed by atoms with Gasteiger partial charge >= 0.3 is 0 Å². The van der Waals surface area contributed by atoms with Gasteiger partial charge in [0.2, 0.25) is 5.78 Å². The Bertz CT molecular complexity index is 3200. The maximum atomic E-state index is 14.3. The number of benzene rings is 8. The molecule has 5 nitrogen and oxygen atoms in total. The van der Waals surface area contributed by atoms with Gasteiger partial charge < -0.3 is 4.57 Å². The first-order chi connectivity index (χ1) is 24.3. The maximum Gasteiger partial charge on any atom is 0.267 e. The number of rotatable bonds is 2. The van der Waals surface area contributed by atoms with Gasteiger partial charge in [0, 0.05) is 22.1 Å². The molecule has 0 spiro atoms. The van der Waals surface area contributed by atoms with Crippen molar-refractivity contribution in [3.05, 3.63) is 168 Å². The Labute approximate surface area is 279 Å². The lowest BCUT2D eigenvalue weighted by molar-refractivity contribution is 1.02. The summed E-state index contributed by atoms with van der Waals surface area (Å²) in [5.41, 5.74) is 6.39. The molecule has 0 unspecified atom stereocenters. The molecular formula is C44H26N4O. The molecule has 8 aromatic carbocycles. The molecule has 0 radical (unpaired) electrons. The average Bonchev–Trinajstić information content (AvgIpc) is 3.72. The van der Waals surface area contributed by atoms with Crippen molar-refractivity contribution >= 4 is 81.8 Å². The minimum Gasteiger partial charge on any atom is -0.307 e. The molecular weight excluding hydrogens is 601 g/mol. The van der Waals surface area contributed by atoms with Crippen LogP contribution < -0.4 is 5.56 Å². The number of imidazole rings is 1. The van der Waals surface area contributed by atoms with Gasteiger partial charge in [0.15, 0.2) is 0 Å². The van der Waals surface area contributed by atoms with Crippen molar-refractivity contribution in [3.63, 3.8) is 0 Å². The first kappa shape index (κ1) is 26.4. The van der Waals surface area contributed by atoms with Gasteiger partial charge in [-0.25, -0.2) is 9.38 Å². The summed E-state index contributed by atoms with van der Waals surface area (Å²) in [6.07, 6.45) is 0. The molecule has 0 fully saturated rings. The standard InChI is InChI=1S/C44H26N4O/c49-43-36-19-9-11-21-39(36)47(27-12-2-1-3-13-27)44-45-41-40(48(43)44)25-24-35-34-18-8-10-20-38(34)46(42(35)41)28-22-23-33-31-16-5-4-14-29(31)30-15-6-7-17-32(30)37(33)26-28/h1-26H. The maximum absolute atomic E-state index is 14.3. The zero-order valence-corrected chi connectivity index (χ0v) is 26.2. The summed E-state index contributed by atoms with van der Waals surface area (Å²) in [6, 6.07) is 54.9. The van der Waals surface area contributed by atoms with Crippen molar-refractivity contribution in [3.8, 4) is 11.4 Å². The van der Waals surface area contributed by atoms with Crippen LogP contribution in [0.3, 0.4) is 0 Å². The number of nitrogens with zero attached hydrogens (tertiary/aromatic N) is 4. The van der Waals surface area contributed by atoms with E-state index in [1.165, 1.54) is 32.3 Å². The normalized spacial score (nSPS) is 12.2. The van der Waals surface area contributed by atoms with E-state index in [1.807, 2.05) is 42.5 Å². The average molecular weight is 627 g/mol. The Kier molecular flexibility index (Phi) is 5.19. The van der Waals surface area contributed by atoms with Crippen molar-refractivity contribution < 1.29 is 0 Å². The molecule has 0 N–H and O–H groups in total. The first-order valence-electron chi connectivity index (χ1n) is 16.5. The predicted molar refractivity (Wildman–Crippen MR) is 203 cm³/mol. The summed E-state index contributed by atoms with van der Waals surface area (Å²) >= 11 is 0. The second kappa shape index (κ2) is 9.66.